The average Bonchev–Trinajstić information content (AvgIpc) is 3.07. The average molecular weight is 369 g/mol. The fraction of sp³-hybridized carbons (Fsp3) is 0.333. The van der Waals surface area contributed by atoms with Crippen molar-refractivity contribution < 1.29 is 18.3 Å². The first-order valence-corrected chi connectivity index (χ1v) is 9.83. The summed E-state index contributed by atoms with van der Waals surface area (Å²) >= 11 is 1.18. The van der Waals surface area contributed by atoms with E-state index in [2.05, 4.69) is 10.3 Å². The van der Waals surface area contributed by atoms with Crippen LogP contribution in [0, 0.1) is 0 Å². The lowest BCUT2D eigenvalue weighted by Gasteiger charge is -2.33. The van der Waals surface area contributed by atoms with Crippen molar-refractivity contribution in [2.75, 3.05) is 12.4 Å². The van der Waals surface area contributed by atoms with E-state index in [-0.39, 0.29) is 17.3 Å². The molecule has 0 radical (unpaired) electrons. The fourth-order valence-corrected chi connectivity index (χ4v) is 5.48. The summed E-state index contributed by atoms with van der Waals surface area (Å²) in [5.41, 5.74) is -0.275. The lowest BCUT2D eigenvalue weighted by Crippen LogP contribution is -2.47. The molecule has 130 valence electrons. The minimum Gasteiger partial charge on any atom is -0.509 e. The molecule has 0 saturated carbocycles. The number of carbonyl (C=O) groups is 1. The maximum atomic E-state index is 12.4. The van der Waals surface area contributed by atoms with Crippen molar-refractivity contribution in [1.29, 1.82) is 0 Å². The summed E-state index contributed by atoms with van der Waals surface area (Å²) in [5.74, 6) is -0.683. The van der Waals surface area contributed by atoms with Crippen molar-refractivity contribution in [1.82, 2.24) is 9.29 Å². The van der Waals surface area contributed by atoms with E-state index >= 15 is 0 Å². The number of thioether (sulfide) groups is 1. The predicted octanol–water partition coefficient (Wildman–Crippen LogP) is 2.09. The Morgan fingerprint density at radius 1 is 1.38 bits per heavy atom. The van der Waals surface area contributed by atoms with Crippen LogP contribution in [0.15, 0.2) is 47.3 Å². The molecule has 0 saturated heterocycles. The lowest BCUT2D eigenvalue weighted by molar-refractivity contribution is -0.114. The monoisotopic (exact) mass is 369 g/mol. The second kappa shape index (κ2) is 7.27. The Kier molecular flexibility index (Phi) is 5.55. The summed E-state index contributed by atoms with van der Waals surface area (Å²) in [5, 5.41) is 12.9. The second-order valence-corrected chi connectivity index (χ2v) is 7.94. The van der Waals surface area contributed by atoms with Crippen LogP contribution < -0.4 is 5.32 Å². The lowest BCUT2D eigenvalue weighted by atomic mass is 10.2. The summed E-state index contributed by atoms with van der Waals surface area (Å²) < 4.78 is 25.7. The highest BCUT2D eigenvalue weighted by Crippen LogP contribution is 2.40. The highest BCUT2D eigenvalue weighted by molar-refractivity contribution is 8.04. The first-order valence-electron chi connectivity index (χ1n) is 7.38. The molecule has 2 unspecified atom stereocenters. The van der Waals surface area contributed by atoms with Crippen LogP contribution >= 0.6 is 11.8 Å². The number of aromatic nitrogens is 1. The zero-order valence-electron chi connectivity index (χ0n) is 13.5. The molecule has 0 bridgehead atoms. The second-order valence-electron chi connectivity index (χ2n) is 4.77. The van der Waals surface area contributed by atoms with E-state index in [0.29, 0.717) is 0 Å². The summed E-state index contributed by atoms with van der Waals surface area (Å²) in [6.07, 6.45) is 3.02. The van der Waals surface area contributed by atoms with E-state index in [1.54, 1.807) is 23.6 Å². The number of fused-ring (bicyclic) bond motifs is 1. The smallest absolute Gasteiger partial charge is 0.277 e. The van der Waals surface area contributed by atoms with Crippen molar-refractivity contribution in [3.63, 3.8) is 0 Å². The molecule has 9 heteroatoms. The Labute approximate surface area is 145 Å². The molecule has 1 aromatic rings. The molecule has 7 nitrogen and oxygen atoms in total. The molecule has 2 aliphatic rings. The zero-order chi connectivity index (χ0) is 17.9. The number of nitrogens with zero attached hydrogens (tertiary/aromatic N) is 2. The van der Waals surface area contributed by atoms with E-state index < -0.39 is 26.4 Å². The molecular weight excluding hydrogens is 350 g/mol. The molecule has 1 aromatic heterocycles. The van der Waals surface area contributed by atoms with Crippen LogP contribution in [-0.2, 0) is 14.8 Å². The summed E-state index contributed by atoms with van der Waals surface area (Å²) in [4.78, 5) is 16.3. The van der Waals surface area contributed by atoms with Crippen LogP contribution in [0.2, 0.25) is 0 Å². The predicted molar refractivity (Wildman–Crippen MR) is 94.9 cm³/mol. The van der Waals surface area contributed by atoms with Gasteiger partial charge >= 0.3 is 0 Å². The largest absolute Gasteiger partial charge is 0.509 e. The summed E-state index contributed by atoms with van der Waals surface area (Å²) in [6, 6.07) is 4.95. The molecule has 0 spiro atoms. The Bertz CT molecular complexity index is 775. The van der Waals surface area contributed by atoms with Gasteiger partial charge in [-0.15, -0.1) is 11.8 Å². The molecule has 0 fully saturated rings. The molecule has 2 aliphatic heterocycles. The number of pyridine rings is 1. The fourth-order valence-electron chi connectivity index (χ4n) is 2.34. The Morgan fingerprint density at radius 3 is 2.71 bits per heavy atom. The number of hydrogen-bond acceptors (Lipinski definition) is 6. The number of aliphatic hydroxyl groups is 1. The van der Waals surface area contributed by atoms with Crippen molar-refractivity contribution in [3.05, 3.63) is 47.3 Å². The number of sulfonamides is 1. The topological polar surface area (TPSA) is 99.6 Å². The number of rotatable bonds is 2. The quantitative estimate of drug-likeness (QED) is 0.828. The standard InChI is InChI=1S/C13H13N3O4S2.C2H6/c1-16-10(13(18)15-9-4-2-3-6-14-9)11(17)12-8(5-7-21-12)22(16,19)20;1-2/h2-8,12,17H,1H3,(H,14,15,18);1-2H3. The summed E-state index contributed by atoms with van der Waals surface area (Å²) in [7, 11) is -2.48. The maximum Gasteiger partial charge on any atom is 0.277 e. The SMILES string of the molecule is CC.CN1C(C(=O)Nc2ccccn2)=C(O)C2SC=CC2S1(=O)=O. The molecule has 0 aliphatic carbocycles. The van der Waals surface area contributed by atoms with E-state index in [4.69, 9.17) is 0 Å². The van der Waals surface area contributed by atoms with Gasteiger partial charge in [0.25, 0.3) is 5.91 Å². The van der Waals surface area contributed by atoms with Crippen molar-refractivity contribution in [3.8, 4) is 0 Å². The van der Waals surface area contributed by atoms with Gasteiger partial charge in [-0.05, 0) is 17.5 Å². The van der Waals surface area contributed by atoms with Crippen molar-refractivity contribution >= 4 is 33.5 Å². The zero-order valence-corrected chi connectivity index (χ0v) is 15.1. The van der Waals surface area contributed by atoms with Gasteiger partial charge in [0.2, 0.25) is 10.0 Å². The van der Waals surface area contributed by atoms with E-state index in [1.165, 1.54) is 31.1 Å². The Balaban J connectivity index is 0.00000100. The van der Waals surface area contributed by atoms with Gasteiger partial charge in [-0.25, -0.2) is 13.4 Å². The van der Waals surface area contributed by atoms with E-state index in [1.807, 2.05) is 13.8 Å². The van der Waals surface area contributed by atoms with Crippen molar-refractivity contribution in [2.24, 2.45) is 0 Å². The number of likely N-dealkylation sites (N-methyl/N-ethyl adjacent to an activating group) is 1. The highest BCUT2D eigenvalue weighted by Gasteiger charge is 2.48. The van der Waals surface area contributed by atoms with Gasteiger partial charge in [0.05, 0.1) is 5.25 Å². The highest BCUT2D eigenvalue weighted by atomic mass is 32.2. The third-order valence-electron chi connectivity index (χ3n) is 3.47. The first-order chi connectivity index (χ1) is 11.4. The van der Waals surface area contributed by atoms with Crippen molar-refractivity contribution in [2.45, 2.75) is 24.3 Å². The minimum atomic E-state index is -3.73. The molecular formula is C15H19N3O4S2. The van der Waals surface area contributed by atoms with Crippen LogP contribution in [0.5, 0.6) is 0 Å². The number of carbonyl (C=O) groups excluding carboxylic acids is 1. The number of aliphatic hydroxyl groups excluding tert-OH is 1. The third-order valence-corrected chi connectivity index (χ3v) is 6.83. The molecule has 3 heterocycles. The molecule has 0 aromatic carbocycles. The molecule has 3 rings (SSSR count). The summed E-state index contributed by atoms with van der Waals surface area (Å²) in [6.45, 7) is 4.00. The molecule has 2 atom stereocenters. The van der Waals surface area contributed by atoms with Gasteiger partial charge in [-0.2, -0.15) is 0 Å². The molecule has 2 N–H and O–H groups in total. The third kappa shape index (κ3) is 3.13. The van der Waals surface area contributed by atoms with Gasteiger partial charge in [0.15, 0.2) is 5.70 Å². The van der Waals surface area contributed by atoms with Gasteiger partial charge in [-0.1, -0.05) is 26.0 Å². The first kappa shape index (κ1) is 18.3. The van der Waals surface area contributed by atoms with Gasteiger partial charge in [0, 0.05) is 13.2 Å². The van der Waals surface area contributed by atoms with Crippen LogP contribution in [0.1, 0.15) is 13.8 Å². The van der Waals surface area contributed by atoms with Gasteiger partial charge in [-0.3, -0.25) is 9.10 Å². The Hall–Kier alpha value is -2.00. The van der Waals surface area contributed by atoms with Gasteiger partial charge < -0.3 is 10.4 Å². The number of amides is 1. The minimum absolute atomic E-state index is 0.245. The Morgan fingerprint density at radius 2 is 2.08 bits per heavy atom. The van der Waals surface area contributed by atoms with Crippen LogP contribution in [0.3, 0.4) is 0 Å². The maximum absolute atomic E-state index is 12.4. The molecule has 24 heavy (non-hydrogen) atoms. The van der Waals surface area contributed by atoms with E-state index in [0.717, 1.165) is 4.31 Å². The van der Waals surface area contributed by atoms with E-state index in [9.17, 15) is 18.3 Å². The van der Waals surface area contributed by atoms with Gasteiger partial charge in [0.1, 0.15) is 16.8 Å². The number of hydrogen-bond donors (Lipinski definition) is 2. The molecule has 1 amide bonds. The van der Waals surface area contributed by atoms with Crippen LogP contribution in [-0.4, -0.2) is 46.3 Å². The van der Waals surface area contributed by atoms with Crippen LogP contribution in [0.25, 0.3) is 0 Å². The normalized spacial score (nSPS) is 24.0. The number of anilines is 1. The number of nitrogens with one attached hydrogen (secondary N) is 1. The van der Waals surface area contributed by atoms with Crippen LogP contribution in [0.4, 0.5) is 5.82 Å².